The molecule has 0 bridgehead atoms. The van der Waals surface area contributed by atoms with Crippen LogP contribution in [0, 0.1) is 183 Å². The Kier molecular flexibility index (Phi) is 73.1. The number of nitrogens with one attached hydrogen (secondary N) is 3. The summed E-state index contributed by atoms with van der Waals surface area (Å²) in [6.45, 7) is 65.7. The Morgan fingerprint density at radius 1 is 0.196 bits per heavy atom. The van der Waals surface area contributed by atoms with Crippen LogP contribution >= 0.6 is 0 Å². The van der Waals surface area contributed by atoms with E-state index in [2.05, 4.69) is 322 Å². The molecule has 15 rings (SSSR count). The van der Waals surface area contributed by atoms with E-state index in [0.717, 1.165) is 203 Å². The molecule has 11 heteroatoms. The maximum atomic E-state index is 6.29. The van der Waals surface area contributed by atoms with E-state index in [4.69, 9.17) is 45.9 Å². The molecular formula is C137H263N11. The van der Waals surface area contributed by atoms with Crippen molar-refractivity contribution in [3.8, 4) is 0 Å². The lowest BCUT2D eigenvalue weighted by molar-refractivity contribution is 0.158. The predicted molar refractivity (Wildman–Crippen MR) is 660 cm³/mol. The maximum Gasteiger partial charge on any atom is 0.00705 e. The zero-order valence-electron chi connectivity index (χ0n) is 103. The van der Waals surface area contributed by atoms with Gasteiger partial charge in [0, 0.05) is 66.5 Å². The summed E-state index contributed by atoms with van der Waals surface area (Å²) in [7, 11) is 6.25. The first-order chi connectivity index (χ1) is 69.6. The van der Waals surface area contributed by atoms with Gasteiger partial charge in [-0.2, -0.15) is 0 Å². The van der Waals surface area contributed by atoms with E-state index >= 15 is 0 Å². The molecule has 12 aliphatic carbocycles. The van der Waals surface area contributed by atoms with Crippen LogP contribution in [0.25, 0.3) is 0 Å². The molecule has 12 saturated carbocycles. The third-order valence-corrected chi connectivity index (χ3v) is 40.5. The second-order valence-corrected chi connectivity index (χ2v) is 55.7. The first kappa shape index (κ1) is 139. The summed E-state index contributed by atoms with van der Waals surface area (Å²) in [6.07, 6.45) is 59.7. The van der Waals surface area contributed by atoms with Gasteiger partial charge in [-0.05, 0) is 504 Å². The summed E-state index contributed by atoms with van der Waals surface area (Å²) in [5, 5.41) is 10.1. The highest BCUT2D eigenvalue weighted by Crippen LogP contribution is 2.44. The van der Waals surface area contributed by atoms with E-state index in [-0.39, 0.29) is 7.43 Å². The van der Waals surface area contributed by atoms with Crippen LogP contribution in [0.2, 0.25) is 0 Å². The maximum absolute atomic E-state index is 6.29. The molecule has 0 saturated heterocycles. The summed E-state index contributed by atoms with van der Waals surface area (Å²) in [4.78, 5) is 0. The van der Waals surface area contributed by atoms with Crippen molar-refractivity contribution in [3.63, 3.8) is 0 Å². The molecule has 148 heavy (non-hydrogen) atoms. The Labute approximate surface area is 924 Å². The smallest absolute Gasteiger partial charge is 0.00705 e. The molecule has 19 N–H and O–H groups in total. The van der Waals surface area contributed by atoms with Crippen LogP contribution in [0.5, 0.6) is 0 Å². The average Bonchev–Trinajstić information content (AvgIpc) is 0.851. The minimum absolute atomic E-state index is 0. The van der Waals surface area contributed by atoms with E-state index in [1.807, 2.05) is 0 Å². The Balaban J connectivity index is 0.000000417. The van der Waals surface area contributed by atoms with Gasteiger partial charge in [-0.3, -0.25) is 0 Å². The molecule has 0 radical (unpaired) electrons. The predicted octanol–water partition coefficient (Wildman–Crippen LogP) is 33.8. The van der Waals surface area contributed by atoms with Gasteiger partial charge in [0.15, 0.2) is 0 Å². The molecule has 10 unspecified atom stereocenters. The van der Waals surface area contributed by atoms with Crippen molar-refractivity contribution in [1.29, 1.82) is 0 Å². The fourth-order valence-electron chi connectivity index (χ4n) is 28.4. The standard InChI is InChI=1S/C17H26.2C16H25N.6C10H21N.3C9H19N.CH4/c1-13(2)16-10-9-14(3)17(12-16)11-15-7-5-4-6-8-15;2*1-12(2)14-8-9-16(17)15(11-14)10-13-6-4-3-5-7-13;3*1-8(2)9-4-6-10(11-3)7-5-9;3*1-7(2)10-5-4-9(11)6-8(10)3;3*1-7(2)8-3-5-9(10)6-4-8;/h4-8,13-14,16-17H,9-12H2,1-3H3;2*3-7,12,14-16H,8-11,17H2,1-2H3;3*8-11H,4-7H2,1-3H3;3*7-10H,4-6,11H2,1-3H3;3*7-9H,3-6,10H2,1-2H3;1H4/t14-,16?,17-;14?,15-,16+;;;;;8-,9+,10?;8-,9-,10?;;;;;/m10....01...../s1. The van der Waals surface area contributed by atoms with Gasteiger partial charge in [-0.1, -0.05) is 299 Å². The highest BCUT2D eigenvalue weighted by molar-refractivity contribution is 5.18. The van der Waals surface area contributed by atoms with Gasteiger partial charge in [0.05, 0.1) is 0 Å². The Bertz CT molecular complexity index is 3150. The fourth-order valence-corrected chi connectivity index (χ4v) is 28.4. The molecule has 18 atom stereocenters. The second kappa shape index (κ2) is 77.6. The fraction of sp³-hybridized carbons (Fsp3) is 0.869. The molecule has 12 aliphatic rings. The highest BCUT2D eigenvalue weighted by Gasteiger charge is 2.37. The molecule has 866 valence electrons. The zero-order chi connectivity index (χ0) is 110. The first-order valence-electron chi connectivity index (χ1n) is 63.8. The lowest BCUT2D eigenvalue weighted by atomic mass is 9.69. The van der Waals surface area contributed by atoms with Crippen LogP contribution in [0.1, 0.15) is 488 Å². The largest absolute Gasteiger partial charge is 0.328 e. The number of hydrogen-bond donors (Lipinski definition) is 11. The molecule has 0 spiro atoms. The monoisotopic (exact) mass is 2060 g/mol. The van der Waals surface area contributed by atoms with Crippen molar-refractivity contribution in [2.24, 2.45) is 229 Å². The van der Waals surface area contributed by atoms with Gasteiger partial charge in [0.2, 0.25) is 0 Å². The third-order valence-electron chi connectivity index (χ3n) is 40.5. The first-order valence-corrected chi connectivity index (χ1v) is 63.8. The summed E-state index contributed by atoms with van der Waals surface area (Å²) in [5.74, 6) is 27.4. The Morgan fingerprint density at radius 2 is 0.378 bits per heavy atom. The minimum atomic E-state index is 0. The van der Waals surface area contributed by atoms with Crippen LogP contribution < -0.4 is 61.8 Å². The van der Waals surface area contributed by atoms with E-state index in [1.165, 1.54) is 293 Å². The molecule has 3 aromatic rings. The SMILES string of the molecule is C.CC(C)C1CCC(N)C(Cc2ccccc2)C1.CC(C)C1CCC(N)CC1.CC(C)C1CCC(N)CC1.CC(C)C1CCC(N)CC1.CC(C)C1CCC(N)CC1C.CC(C)C1CC[C@@H](C)[C@H](Cc2ccccc2)C1.CC(C)C1CC[C@@H](N)C[C@@H]1C.CC(C)C1CC[C@@H](N)C[C@H]1C.CC(C)C1CC[C@@H](N)[C@@H](Cc2ccccc2)C1.CNC1CCC(C(C)C)CC1.CNC1CCC(C(C)C)CC1.CNC1CCC(C(C)C)CC1. The second-order valence-electron chi connectivity index (χ2n) is 55.7. The van der Waals surface area contributed by atoms with Crippen molar-refractivity contribution in [2.75, 3.05) is 21.1 Å². The van der Waals surface area contributed by atoms with Crippen LogP contribution in [0.15, 0.2) is 91.0 Å². The van der Waals surface area contributed by atoms with Crippen molar-refractivity contribution >= 4 is 0 Å². The molecule has 3 aromatic carbocycles. The van der Waals surface area contributed by atoms with Crippen molar-refractivity contribution in [2.45, 2.75) is 557 Å². The van der Waals surface area contributed by atoms with Crippen LogP contribution in [-0.2, 0) is 19.3 Å². The lowest BCUT2D eigenvalue weighted by Crippen LogP contribution is -2.38. The van der Waals surface area contributed by atoms with Crippen LogP contribution in [0.3, 0.4) is 0 Å². The minimum Gasteiger partial charge on any atom is -0.328 e. The summed E-state index contributed by atoms with van der Waals surface area (Å²) < 4.78 is 0. The molecule has 0 heterocycles. The van der Waals surface area contributed by atoms with Gasteiger partial charge < -0.3 is 61.8 Å². The quantitative estimate of drug-likeness (QED) is 0.0479. The average molecular weight is 2060 g/mol. The van der Waals surface area contributed by atoms with Crippen LogP contribution in [0.4, 0.5) is 0 Å². The zero-order valence-corrected chi connectivity index (χ0v) is 103. The number of benzene rings is 3. The molecule has 0 aliphatic heterocycles. The van der Waals surface area contributed by atoms with E-state index in [1.54, 1.807) is 0 Å². The highest BCUT2D eigenvalue weighted by atomic mass is 14.9. The normalized spacial score (nSPS) is 33.3. The number of rotatable bonds is 21. The summed E-state index contributed by atoms with van der Waals surface area (Å²) in [6, 6.07) is 38.8. The van der Waals surface area contributed by atoms with Gasteiger partial charge in [0.1, 0.15) is 0 Å². The molecular weight excluding hydrogens is 1800 g/mol. The van der Waals surface area contributed by atoms with E-state index in [0.29, 0.717) is 60.2 Å². The molecule has 11 nitrogen and oxygen atoms in total. The number of hydrogen-bond acceptors (Lipinski definition) is 11. The number of nitrogens with two attached hydrogens (primary N) is 8. The summed E-state index contributed by atoms with van der Waals surface area (Å²) >= 11 is 0. The van der Waals surface area contributed by atoms with Crippen molar-refractivity contribution in [3.05, 3.63) is 108 Å². The lowest BCUT2D eigenvalue weighted by Gasteiger charge is -2.36. The third kappa shape index (κ3) is 57.1. The van der Waals surface area contributed by atoms with Crippen molar-refractivity contribution in [1.82, 2.24) is 16.0 Å². The Morgan fingerprint density at radius 3 is 0.574 bits per heavy atom. The Hall–Kier alpha value is -2.78. The van der Waals surface area contributed by atoms with Gasteiger partial charge in [0.25, 0.3) is 0 Å². The van der Waals surface area contributed by atoms with Gasteiger partial charge in [-0.15, -0.1) is 0 Å². The van der Waals surface area contributed by atoms with Gasteiger partial charge >= 0.3 is 0 Å². The van der Waals surface area contributed by atoms with Gasteiger partial charge in [-0.25, -0.2) is 0 Å². The molecule has 12 fully saturated rings. The van der Waals surface area contributed by atoms with E-state index in [9.17, 15) is 0 Å². The summed E-state index contributed by atoms with van der Waals surface area (Å²) in [5.41, 5.74) is 52.0. The molecule has 0 aromatic heterocycles. The van der Waals surface area contributed by atoms with Crippen molar-refractivity contribution < 1.29 is 0 Å². The van der Waals surface area contributed by atoms with E-state index < -0.39 is 0 Å². The van der Waals surface area contributed by atoms with Crippen LogP contribution in [-0.4, -0.2) is 87.6 Å². The topological polar surface area (TPSA) is 244 Å². The molecule has 0 amide bonds.